The molecule has 0 unspecified atom stereocenters. The molecule has 1 aromatic carbocycles. The largest absolute Gasteiger partial charge is 0.573 e. The number of nitrogens with one attached hydrogen (secondary N) is 1. The zero-order valence-corrected chi connectivity index (χ0v) is 15.1. The topological polar surface area (TPSA) is 84.0 Å². The lowest BCUT2D eigenvalue weighted by Gasteiger charge is -2.27. The van der Waals surface area contributed by atoms with E-state index < -0.39 is 6.36 Å². The van der Waals surface area contributed by atoms with E-state index >= 15 is 0 Å². The van der Waals surface area contributed by atoms with Gasteiger partial charge in [-0.25, -0.2) is 15.0 Å². The predicted molar refractivity (Wildman–Crippen MR) is 96.8 cm³/mol. The summed E-state index contributed by atoms with van der Waals surface area (Å²) in [5, 5.41) is 0. The summed E-state index contributed by atoms with van der Waals surface area (Å²) >= 11 is 0. The number of alkyl halides is 3. The van der Waals surface area contributed by atoms with Crippen LogP contribution in [0.4, 0.5) is 13.2 Å². The van der Waals surface area contributed by atoms with E-state index in [4.69, 9.17) is 0 Å². The van der Waals surface area contributed by atoms with Crippen molar-refractivity contribution in [1.29, 1.82) is 0 Å². The molecule has 0 bridgehead atoms. The van der Waals surface area contributed by atoms with E-state index in [-0.39, 0.29) is 11.3 Å². The Labute approximate surface area is 163 Å². The molecule has 0 atom stereocenters. The van der Waals surface area contributed by atoms with E-state index in [2.05, 4.69) is 24.7 Å². The van der Waals surface area contributed by atoms with Crippen LogP contribution < -0.4 is 10.3 Å². The van der Waals surface area contributed by atoms with E-state index in [9.17, 15) is 18.0 Å². The number of rotatable bonds is 4. The Morgan fingerprint density at radius 3 is 2.55 bits per heavy atom. The number of aromatic nitrogens is 4. The van der Waals surface area contributed by atoms with Gasteiger partial charge in [-0.05, 0) is 17.7 Å². The minimum atomic E-state index is -4.71. The Bertz CT molecular complexity index is 1050. The van der Waals surface area contributed by atoms with Crippen molar-refractivity contribution in [1.82, 2.24) is 24.8 Å². The molecule has 1 aliphatic heterocycles. The normalized spacial score (nSPS) is 14.4. The second kappa shape index (κ2) is 7.63. The second-order valence-corrected chi connectivity index (χ2v) is 6.62. The summed E-state index contributed by atoms with van der Waals surface area (Å²) in [6, 6.07) is 5.72. The monoisotopic (exact) mass is 403 g/mol. The molecule has 0 fully saturated rings. The quantitative estimate of drug-likeness (QED) is 0.721. The van der Waals surface area contributed by atoms with Gasteiger partial charge >= 0.3 is 6.36 Å². The smallest absolute Gasteiger partial charge is 0.406 e. The van der Waals surface area contributed by atoms with E-state index in [0.29, 0.717) is 43.0 Å². The first-order valence-electron chi connectivity index (χ1n) is 8.82. The number of nitrogens with zero attached hydrogens (tertiary/aromatic N) is 4. The summed E-state index contributed by atoms with van der Waals surface area (Å²) in [7, 11) is 0. The summed E-state index contributed by atoms with van der Waals surface area (Å²) in [5.74, 6) is 0.173. The van der Waals surface area contributed by atoms with Gasteiger partial charge in [0.25, 0.3) is 5.56 Å². The van der Waals surface area contributed by atoms with Gasteiger partial charge in [-0.15, -0.1) is 13.2 Å². The van der Waals surface area contributed by atoms with Crippen LogP contribution in [0.2, 0.25) is 0 Å². The van der Waals surface area contributed by atoms with Gasteiger partial charge in [0.15, 0.2) is 0 Å². The molecule has 2 aromatic heterocycles. The van der Waals surface area contributed by atoms with Crippen LogP contribution in [0, 0.1) is 0 Å². The Balaban J connectivity index is 1.47. The number of hydrogen-bond donors (Lipinski definition) is 1. The third-order valence-electron chi connectivity index (χ3n) is 4.54. The number of benzene rings is 1. The van der Waals surface area contributed by atoms with E-state index in [0.717, 1.165) is 11.3 Å². The molecule has 0 amide bonds. The van der Waals surface area contributed by atoms with Crippen LogP contribution >= 0.6 is 0 Å². The summed E-state index contributed by atoms with van der Waals surface area (Å²) in [4.78, 5) is 29.8. The van der Waals surface area contributed by atoms with Gasteiger partial charge in [-0.2, -0.15) is 0 Å². The predicted octanol–water partition coefficient (Wildman–Crippen LogP) is 2.68. The lowest BCUT2D eigenvalue weighted by atomic mass is 10.1. The molecule has 3 aromatic rings. The molecule has 0 saturated carbocycles. The van der Waals surface area contributed by atoms with Crippen LogP contribution in [0.1, 0.15) is 16.8 Å². The Kier molecular flexibility index (Phi) is 5.01. The lowest BCUT2D eigenvalue weighted by molar-refractivity contribution is -0.274. The van der Waals surface area contributed by atoms with E-state index in [1.807, 2.05) is 4.90 Å². The lowest BCUT2D eigenvalue weighted by Crippen LogP contribution is -2.35. The maximum absolute atomic E-state index is 12.5. The van der Waals surface area contributed by atoms with Gasteiger partial charge in [0, 0.05) is 38.4 Å². The highest BCUT2D eigenvalue weighted by atomic mass is 19.4. The third-order valence-corrected chi connectivity index (χ3v) is 4.54. The van der Waals surface area contributed by atoms with Gasteiger partial charge < -0.3 is 9.72 Å². The van der Waals surface area contributed by atoms with Crippen LogP contribution in [-0.4, -0.2) is 37.7 Å². The van der Waals surface area contributed by atoms with E-state index in [1.165, 1.54) is 18.5 Å². The van der Waals surface area contributed by atoms with Gasteiger partial charge in [0.1, 0.15) is 17.9 Å². The maximum atomic E-state index is 12.5. The maximum Gasteiger partial charge on any atom is 0.573 e. The standard InChI is InChI=1S/C19H16F3N5O2/c20-19(21,22)29-14-3-1-12(2-4-14)9-27-6-5-16-15(10-27)18(28)26-17(25-16)13-7-23-11-24-8-13/h1-4,7-8,11H,5-6,9-10H2,(H,25,26,28). The molecule has 0 saturated heterocycles. The number of halogens is 3. The first kappa shape index (κ1) is 19.1. The van der Waals surface area contributed by atoms with Gasteiger partial charge in [0.05, 0.1) is 16.8 Å². The minimum Gasteiger partial charge on any atom is -0.406 e. The van der Waals surface area contributed by atoms with Gasteiger partial charge in [-0.3, -0.25) is 9.69 Å². The van der Waals surface area contributed by atoms with Gasteiger partial charge in [-0.1, -0.05) is 12.1 Å². The Hall–Kier alpha value is -3.27. The highest BCUT2D eigenvalue weighted by Crippen LogP contribution is 2.24. The SMILES string of the molecule is O=c1[nH]c(-c2cncnc2)nc2c1CN(Cc1ccc(OC(F)(F)F)cc1)CC2. The Morgan fingerprint density at radius 2 is 1.86 bits per heavy atom. The highest BCUT2D eigenvalue weighted by Gasteiger charge is 2.31. The zero-order chi connectivity index (χ0) is 20.4. The van der Waals surface area contributed by atoms with Crippen molar-refractivity contribution in [2.75, 3.05) is 6.54 Å². The number of fused-ring (bicyclic) bond motifs is 1. The fourth-order valence-corrected chi connectivity index (χ4v) is 3.23. The number of ether oxygens (including phenoxy) is 1. The molecular weight excluding hydrogens is 387 g/mol. The summed E-state index contributed by atoms with van der Waals surface area (Å²) in [6.45, 7) is 1.58. The first-order chi connectivity index (χ1) is 13.9. The fraction of sp³-hybridized carbons (Fsp3) is 0.263. The second-order valence-electron chi connectivity index (χ2n) is 6.62. The van der Waals surface area contributed by atoms with E-state index in [1.54, 1.807) is 24.5 Å². The summed E-state index contributed by atoms with van der Waals surface area (Å²) < 4.78 is 40.6. The average Bonchev–Trinajstić information content (AvgIpc) is 2.69. The molecule has 1 N–H and O–H groups in total. The number of H-pyrrole nitrogens is 1. The number of hydrogen-bond acceptors (Lipinski definition) is 6. The molecule has 29 heavy (non-hydrogen) atoms. The molecule has 150 valence electrons. The van der Waals surface area contributed by atoms with Crippen LogP contribution in [0.3, 0.4) is 0 Å². The molecule has 10 heteroatoms. The van der Waals surface area contributed by atoms with Crippen LogP contribution in [0.5, 0.6) is 5.75 Å². The van der Waals surface area contributed by atoms with Crippen molar-refractivity contribution in [3.05, 3.63) is 70.2 Å². The first-order valence-corrected chi connectivity index (χ1v) is 8.82. The average molecular weight is 403 g/mol. The van der Waals surface area contributed by atoms with Crippen molar-refractivity contribution in [2.24, 2.45) is 0 Å². The summed E-state index contributed by atoms with van der Waals surface area (Å²) in [5.41, 5.74) is 2.57. The van der Waals surface area contributed by atoms with Crippen LogP contribution in [0.25, 0.3) is 11.4 Å². The molecule has 0 aliphatic carbocycles. The molecule has 7 nitrogen and oxygen atoms in total. The highest BCUT2D eigenvalue weighted by molar-refractivity contribution is 5.52. The van der Waals surface area contributed by atoms with Crippen molar-refractivity contribution < 1.29 is 17.9 Å². The zero-order valence-electron chi connectivity index (χ0n) is 15.1. The van der Waals surface area contributed by atoms with Crippen LogP contribution in [-0.2, 0) is 19.5 Å². The molecule has 4 rings (SSSR count). The van der Waals surface area contributed by atoms with Crippen LogP contribution in [0.15, 0.2) is 47.8 Å². The minimum absolute atomic E-state index is 0.215. The van der Waals surface area contributed by atoms with Gasteiger partial charge in [0.2, 0.25) is 0 Å². The van der Waals surface area contributed by atoms with Crippen molar-refractivity contribution >= 4 is 0 Å². The molecular formula is C19H16F3N5O2. The number of aromatic amines is 1. The van der Waals surface area contributed by atoms with Crippen molar-refractivity contribution in [2.45, 2.75) is 25.9 Å². The molecule has 0 spiro atoms. The third kappa shape index (κ3) is 4.60. The molecule has 1 aliphatic rings. The van der Waals surface area contributed by atoms with Crippen molar-refractivity contribution in [3.8, 4) is 17.1 Å². The van der Waals surface area contributed by atoms with Crippen molar-refractivity contribution in [3.63, 3.8) is 0 Å². The molecule has 0 radical (unpaired) electrons. The Morgan fingerprint density at radius 1 is 1.14 bits per heavy atom. The molecule has 3 heterocycles. The summed E-state index contributed by atoms with van der Waals surface area (Å²) in [6.07, 6.45) is 0.448. The fourth-order valence-electron chi connectivity index (χ4n) is 3.23.